The maximum Gasteiger partial charge on any atom is 0.231 e. The lowest BCUT2D eigenvalue weighted by Crippen LogP contribution is -2.34. The summed E-state index contributed by atoms with van der Waals surface area (Å²) in [6, 6.07) is 2.07. The first-order chi connectivity index (χ1) is 7.38. The van der Waals surface area contributed by atoms with Crippen LogP contribution in [0.4, 0.5) is 0 Å². The van der Waals surface area contributed by atoms with E-state index in [1.165, 1.54) is 5.56 Å². The third-order valence-corrected chi connectivity index (χ3v) is 3.19. The highest BCUT2D eigenvalue weighted by atomic mass is 79.9. The Morgan fingerprint density at radius 2 is 2.00 bits per heavy atom. The van der Waals surface area contributed by atoms with Gasteiger partial charge in [0.15, 0.2) is 11.5 Å². The van der Waals surface area contributed by atoms with Crippen molar-refractivity contribution >= 4 is 15.9 Å². The Labute approximate surface area is 104 Å². The Balaban J connectivity index is 2.45. The van der Waals surface area contributed by atoms with Crippen LogP contribution in [0.5, 0.6) is 11.5 Å². The van der Waals surface area contributed by atoms with Gasteiger partial charge in [-0.3, -0.25) is 0 Å². The fourth-order valence-corrected chi connectivity index (χ4v) is 2.45. The first-order valence-corrected chi connectivity index (χ1v) is 6.04. The first-order valence-electron chi connectivity index (χ1n) is 5.25. The number of benzene rings is 1. The number of ether oxygens (including phenoxy) is 2. The summed E-state index contributed by atoms with van der Waals surface area (Å²) in [5.74, 6) is 1.64. The van der Waals surface area contributed by atoms with E-state index in [1.807, 2.05) is 20.8 Å². The van der Waals surface area contributed by atoms with Gasteiger partial charge >= 0.3 is 0 Å². The van der Waals surface area contributed by atoms with E-state index >= 15 is 0 Å². The molecule has 0 saturated carbocycles. The number of fused-ring (bicyclic) bond motifs is 1. The molecule has 0 fully saturated rings. The molecule has 1 aliphatic heterocycles. The Morgan fingerprint density at radius 1 is 1.38 bits per heavy atom. The molecule has 1 aromatic carbocycles. The summed E-state index contributed by atoms with van der Waals surface area (Å²) < 4.78 is 11.8. The highest BCUT2D eigenvalue weighted by molar-refractivity contribution is 9.10. The molecule has 0 aliphatic carbocycles. The van der Waals surface area contributed by atoms with Crippen molar-refractivity contribution in [3.63, 3.8) is 0 Å². The molecule has 1 aliphatic rings. The quantitative estimate of drug-likeness (QED) is 0.909. The van der Waals surface area contributed by atoms with Crippen molar-refractivity contribution in [2.45, 2.75) is 32.7 Å². The molecule has 0 radical (unpaired) electrons. The van der Waals surface area contributed by atoms with Gasteiger partial charge in [-0.1, -0.05) is 0 Å². The van der Waals surface area contributed by atoms with Gasteiger partial charge in [0.2, 0.25) is 6.79 Å². The second-order valence-corrected chi connectivity index (χ2v) is 5.73. The Bertz CT molecular complexity index is 424. The third kappa shape index (κ3) is 2.18. The average Bonchev–Trinajstić information content (AvgIpc) is 2.60. The smallest absolute Gasteiger partial charge is 0.231 e. The van der Waals surface area contributed by atoms with E-state index in [1.54, 1.807) is 0 Å². The predicted molar refractivity (Wildman–Crippen MR) is 67.0 cm³/mol. The van der Waals surface area contributed by atoms with Gasteiger partial charge in [0.05, 0.1) is 4.47 Å². The van der Waals surface area contributed by atoms with Gasteiger partial charge in [-0.2, -0.15) is 0 Å². The molecule has 3 nitrogen and oxygen atoms in total. The monoisotopic (exact) mass is 285 g/mol. The first kappa shape index (κ1) is 11.7. The molecule has 4 heteroatoms. The molecule has 1 heterocycles. The topological polar surface area (TPSA) is 44.5 Å². The second-order valence-electron chi connectivity index (χ2n) is 4.87. The van der Waals surface area contributed by atoms with Gasteiger partial charge in [-0.05, 0) is 60.3 Å². The minimum atomic E-state index is -0.224. The van der Waals surface area contributed by atoms with Gasteiger partial charge in [0.25, 0.3) is 0 Å². The maximum absolute atomic E-state index is 6.04. The molecule has 0 amide bonds. The van der Waals surface area contributed by atoms with E-state index < -0.39 is 0 Å². The van der Waals surface area contributed by atoms with E-state index in [4.69, 9.17) is 15.2 Å². The zero-order valence-electron chi connectivity index (χ0n) is 9.76. The van der Waals surface area contributed by atoms with E-state index in [0.29, 0.717) is 6.79 Å². The normalized spacial score (nSPS) is 14.3. The summed E-state index contributed by atoms with van der Waals surface area (Å²) in [4.78, 5) is 0. The van der Waals surface area contributed by atoms with Gasteiger partial charge in [0.1, 0.15) is 0 Å². The van der Waals surface area contributed by atoms with Crippen LogP contribution in [0, 0.1) is 6.92 Å². The van der Waals surface area contributed by atoms with Crippen LogP contribution in [0.2, 0.25) is 0 Å². The van der Waals surface area contributed by atoms with Crippen molar-refractivity contribution in [2.75, 3.05) is 6.79 Å². The van der Waals surface area contributed by atoms with Gasteiger partial charge in [-0.25, -0.2) is 0 Å². The van der Waals surface area contributed by atoms with Gasteiger partial charge in [0, 0.05) is 5.54 Å². The Hall–Kier alpha value is -0.740. The number of hydrogen-bond acceptors (Lipinski definition) is 3. The molecule has 0 saturated heterocycles. The highest BCUT2D eigenvalue weighted by Crippen LogP contribution is 2.43. The number of hydrogen-bond donors (Lipinski definition) is 1. The average molecular weight is 286 g/mol. The van der Waals surface area contributed by atoms with E-state index in [0.717, 1.165) is 28.0 Å². The van der Waals surface area contributed by atoms with Crippen LogP contribution in [0.25, 0.3) is 0 Å². The van der Waals surface area contributed by atoms with Gasteiger partial charge in [-0.15, -0.1) is 0 Å². The molecule has 0 unspecified atom stereocenters. The van der Waals surface area contributed by atoms with E-state index in [9.17, 15) is 0 Å². The van der Waals surface area contributed by atoms with Crippen LogP contribution >= 0.6 is 15.9 Å². The van der Waals surface area contributed by atoms with E-state index in [-0.39, 0.29) is 5.54 Å². The minimum Gasteiger partial charge on any atom is -0.453 e. The van der Waals surface area contributed by atoms with Gasteiger partial charge < -0.3 is 15.2 Å². The molecule has 2 rings (SSSR count). The zero-order valence-corrected chi connectivity index (χ0v) is 11.3. The number of nitrogens with two attached hydrogens (primary N) is 1. The van der Waals surface area contributed by atoms with Crippen molar-refractivity contribution in [3.8, 4) is 11.5 Å². The SMILES string of the molecule is Cc1c(CC(C)(C)N)cc(Br)c2c1OCO2. The number of rotatable bonds is 2. The van der Waals surface area contributed by atoms with Crippen molar-refractivity contribution in [2.24, 2.45) is 5.73 Å². The molecular weight excluding hydrogens is 270 g/mol. The standard InChI is InChI=1S/C12H16BrNO2/c1-7-8(5-12(2,3)14)4-9(13)11-10(7)15-6-16-11/h4H,5-6,14H2,1-3H3. The molecule has 88 valence electrons. The third-order valence-electron chi connectivity index (χ3n) is 2.60. The summed E-state index contributed by atoms with van der Waals surface area (Å²) in [6.07, 6.45) is 0.814. The Kier molecular flexibility index (Phi) is 2.88. The fourth-order valence-electron chi connectivity index (χ4n) is 1.88. The van der Waals surface area contributed by atoms with Crippen molar-refractivity contribution in [1.82, 2.24) is 0 Å². The second kappa shape index (κ2) is 3.93. The Morgan fingerprint density at radius 3 is 2.62 bits per heavy atom. The number of halogens is 1. The molecule has 0 spiro atoms. The van der Waals surface area contributed by atoms with Crippen LogP contribution in [-0.4, -0.2) is 12.3 Å². The molecular formula is C12H16BrNO2. The zero-order chi connectivity index (χ0) is 11.9. The summed E-state index contributed by atoms with van der Waals surface area (Å²) in [5.41, 5.74) is 8.14. The van der Waals surface area contributed by atoms with Crippen molar-refractivity contribution < 1.29 is 9.47 Å². The lowest BCUT2D eigenvalue weighted by atomic mass is 9.93. The fraction of sp³-hybridized carbons (Fsp3) is 0.500. The lowest BCUT2D eigenvalue weighted by molar-refractivity contribution is 0.173. The molecule has 0 bridgehead atoms. The lowest BCUT2D eigenvalue weighted by Gasteiger charge is -2.20. The van der Waals surface area contributed by atoms with Crippen LogP contribution in [0.15, 0.2) is 10.5 Å². The largest absolute Gasteiger partial charge is 0.453 e. The highest BCUT2D eigenvalue weighted by Gasteiger charge is 2.24. The molecule has 1 aromatic rings. The summed E-state index contributed by atoms with van der Waals surface area (Å²) in [6.45, 7) is 6.38. The molecule has 2 N–H and O–H groups in total. The van der Waals surface area contributed by atoms with Crippen molar-refractivity contribution in [1.29, 1.82) is 0 Å². The van der Waals surface area contributed by atoms with Crippen LogP contribution in [-0.2, 0) is 6.42 Å². The molecule has 16 heavy (non-hydrogen) atoms. The predicted octanol–water partition coefficient (Wildman–Crippen LogP) is 2.77. The maximum atomic E-state index is 6.04. The minimum absolute atomic E-state index is 0.224. The van der Waals surface area contributed by atoms with Crippen LogP contribution in [0.1, 0.15) is 25.0 Å². The van der Waals surface area contributed by atoms with E-state index in [2.05, 4.69) is 22.0 Å². The van der Waals surface area contributed by atoms with Crippen molar-refractivity contribution in [3.05, 3.63) is 21.7 Å². The summed E-state index contributed by atoms with van der Waals surface area (Å²) in [5, 5.41) is 0. The van der Waals surface area contributed by atoms with Crippen LogP contribution in [0.3, 0.4) is 0 Å². The summed E-state index contributed by atoms with van der Waals surface area (Å²) in [7, 11) is 0. The molecule has 0 aromatic heterocycles. The van der Waals surface area contributed by atoms with Crippen LogP contribution < -0.4 is 15.2 Å². The summed E-state index contributed by atoms with van der Waals surface area (Å²) >= 11 is 3.49. The molecule has 0 atom stereocenters.